The largest absolute Gasteiger partial charge is 0.299 e. The molecule has 1 aliphatic heterocycles. The Morgan fingerprint density at radius 1 is 1.36 bits per heavy atom. The third-order valence-corrected chi connectivity index (χ3v) is 5.92. The predicted molar refractivity (Wildman–Crippen MR) is 61.0 cm³/mol. The zero-order valence-corrected chi connectivity index (χ0v) is 11.2. The summed E-state index contributed by atoms with van der Waals surface area (Å²) in [5.41, 5.74) is -0.0759. The fourth-order valence-electron chi connectivity index (χ4n) is 1.50. The monoisotopic (exact) mass is 284 g/mol. The zero-order valence-electron chi connectivity index (χ0n) is 8.83. The van der Waals surface area contributed by atoms with Crippen LogP contribution in [0.2, 0.25) is 0 Å². The van der Waals surface area contributed by atoms with Crippen LogP contribution >= 0.6 is 15.9 Å². The first-order valence-corrected chi connectivity index (χ1v) is 7.28. The van der Waals surface area contributed by atoms with Crippen LogP contribution in [0.25, 0.3) is 0 Å². The van der Waals surface area contributed by atoms with Crippen LogP contribution in [-0.2, 0) is 10.0 Å². The molecule has 0 amide bonds. The van der Waals surface area contributed by atoms with Gasteiger partial charge in [-0.25, -0.2) is 8.42 Å². The summed E-state index contributed by atoms with van der Waals surface area (Å²) in [7, 11) is -1.07. The van der Waals surface area contributed by atoms with Crippen molar-refractivity contribution in [2.75, 3.05) is 31.3 Å². The molecule has 4 nitrogen and oxygen atoms in total. The molecule has 0 saturated carbocycles. The fourth-order valence-corrected chi connectivity index (χ4v) is 3.38. The Hall–Kier alpha value is 0.350. The van der Waals surface area contributed by atoms with Crippen molar-refractivity contribution in [2.24, 2.45) is 0 Å². The summed E-state index contributed by atoms with van der Waals surface area (Å²) in [4.78, 5) is 2.19. The first-order chi connectivity index (χ1) is 6.29. The molecule has 0 unspecified atom stereocenters. The molecule has 1 heterocycles. The maximum absolute atomic E-state index is 11.6. The van der Waals surface area contributed by atoms with E-state index >= 15 is 0 Å². The van der Waals surface area contributed by atoms with Crippen molar-refractivity contribution in [3.63, 3.8) is 0 Å². The summed E-state index contributed by atoms with van der Waals surface area (Å²) in [5.74, 6) is 0. The van der Waals surface area contributed by atoms with Gasteiger partial charge < -0.3 is 0 Å². The predicted octanol–water partition coefficient (Wildman–Crippen LogP) is 0.695. The van der Waals surface area contributed by atoms with Gasteiger partial charge in [0.25, 0.3) is 0 Å². The second-order valence-electron chi connectivity index (χ2n) is 4.29. The first-order valence-electron chi connectivity index (χ1n) is 4.54. The second kappa shape index (κ2) is 4.08. The van der Waals surface area contributed by atoms with Crippen LogP contribution in [0, 0.1) is 0 Å². The van der Waals surface area contributed by atoms with Crippen LogP contribution in [0.3, 0.4) is 0 Å². The van der Waals surface area contributed by atoms with Crippen molar-refractivity contribution in [3.8, 4) is 0 Å². The van der Waals surface area contributed by atoms with Gasteiger partial charge in [0.15, 0.2) is 0 Å². The second-order valence-corrected chi connectivity index (χ2v) is 7.56. The van der Waals surface area contributed by atoms with Crippen molar-refractivity contribution in [3.05, 3.63) is 0 Å². The Bertz CT molecular complexity index is 302. The lowest BCUT2D eigenvalue weighted by atomic mass is 10.0. The highest BCUT2D eigenvalue weighted by atomic mass is 79.9. The highest BCUT2D eigenvalue weighted by Gasteiger charge is 2.35. The number of likely N-dealkylation sites (N-methyl/N-ethyl adjacent to an activating group) is 1. The van der Waals surface area contributed by atoms with Gasteiger partial charge in [-0.1, -0.05) is 15.9 Å². The molecule has 0 aromatic heterocycles. The normalized spacial score (nSPS) is 25.1. The number of hydrogen-bond acceptors (Lipinski definition) is 3. The molecule has 14 heavy (non-hydrogen) atoms. The Kier molecular flexibility index (Phi) is 3.62. The van der Waals surface area contributed by atoms with E-state index in [4.69, 9.17) is 0 Å². The molecule has 6 heteroatoms. The molecule has 1 rings (SSSR count). The molecule has 0 radical (unpaired) electrons. The number of rotatable bonds is 2. The highest BCUT2D eigenvalue weighted by Crippen LogP contribution is 2.21. The lowest BCUT2D eigenvalue weighted by Crippen LogP contribution is -2.58. The van der Waals surface area contributed by atoms with Gasteiger partial charge in [0.05, 0.1) is 0 Å². The Morgan fingerprint density at radius 3 is 2.36 bits per heavy atom. The van der Waals surface area contributed by atoms with Gasteiger partial charge >= 0.3 is 0 Å². The zero-order chi connectivity index (χ0) is 11.0. The molecule has 0 N–H and O–H groups in total. The molecule has 0 atom stereocenters. The van der Waals surface area contributed by atoms with Crippen LogP contribution in [0.4, 0.5) is 0 Å². The summed E-state index contributed by atoms with van der Waals surface area (Å²) in [5, 5.41) is 0. The van der Waals surface area contributed by atoms with E-state index in [1.807, 2.05) is 7.05 Å². The lowest BCUT2D eigenvalue weighted by Gasteiger charge is -2.44. The lowest BCUT2D eigenvalue weighted by molar-refractivity contribution is 0.0804. The molecule has 1 fully saturated rings. The number of sulfonamides is 1. The number of hydrogen-bond donors (Lipinski definition) is 0. The molecule has 0 aromatic carbocycles. The van der Waals surface area contributed by atoms with E-state index in [-0.39, 0.29) is 10.2 Å². The molecular weight excluding hydrogens is 268 g/mol. The van der Waals surface area contributed by atoms with E-state index in [9.17, 15) is 8.42 Å². The number of alkyl halides is 1. The molecule has 1 aliphatic rings. The van der Waals surface area contributed by atoms with Crippen molar-refractivity contribution < 1.29 is 8.42 Å². The Morgan fingerprint density at radius 2 is 1.93 bits per heavy atom. The number of piperazine rings is 1. The van der Waals surface area contributed by atoms with Gasteiger partial charge in [-0.05, 0) is 20.9 Å². The molecule has 84 valence electrons. The van der Waals surface area contributed by atoms with Gasteiger partial charge in [-0.2, -0.15) is 4.31 Å². The van der Waals surface area contributed by atoms with Crippen LogP contribution in [0.5, 0.6) is 0 Å². The summed E-state index contributed by atoms with van der Waals surface area (Å²) in [6.07, 6.45) is 0. The van der Waals surface area contributed by atoms with Gasteiger partial charge in [0, 0.05) is 25.2 Å². The van der Waals surface area contributed by atoms with E-state index < -0.39 is 10.0 Å². The first kappa shape index (κ1) is 12.4. The summed E-state index contributed by atoms with van der Waals surface area (Å²) < 4.78 is 24.8. The topological polar surface area (TPSA) is 40.6 Å². The maximum Gasteiger partial charge on any atom is 0.224 e. The Labute approximate surface area is 94.4 Å². The molecule has 0 bridgehead atoms. The van der Waals surface area contributed by atoms with Crippen molar-refractivity contribution >= 4 is 26.0 Å². The average Bonchev–Trinajstić information content (AvgIpc) is 2.09. The van der Waals surface area contributed by atoms with E-state index in [1.54, 1.807) is 4.31 Å². The molecule has 0 aliphatic carbocycles. The minimum absolute atomic E-state index is 0.0137. The van der Waals surface area contributed by atoms with E-state index in [1.165, 1.54) is 0 Å². The van der Waals surface area contributed by atoms with E-state index in [2.05, 4.69) is 34.7 Å². The average molecular weight is 285 g/mol. The minimum atomic E-state index is -3.09. The van der Waals surface area contributed by atoms with Crippen LogP contribution in [0.1, 0.15) is 13.8 Å². The molecule has 1 saturated heterocycles. The summed E-state index contributed by atoms with van der Waals surface area (Å²) in [6, 6.07) is 0. The maximum atomic E-state index is 11.6. The minimum Gasteiger partial charge on any atom is -0.299 e. The van der Waals surface area contributed by atoms with Crippen LogP contribution < -0.4 is 0 Å². The molecule has 0 aromatic rings. The molecule has 0 spiro atoms. The smallest absolute Gasteiger partial charge is 0.224 e. The standard InChI is InChI=1S/C8H17BrN2O2S/c1-8(2)6-11(5-4-10(8)3)14(12,13)7-9/h4-7H2,1-3H3. The van der Waals surface area contributed by atoms with E-state index in [0.717, 1.165) is 6.54 Å². The summed E-state index contributed by atoms with van der Waals surface area (Å²) >= 11 is 3.02. The van der Waals surface area contributed by atoms with Crippen LogP contribution in [-0.4, -0.2) is 54.5 Å². The van der Waals surface area contributed by atoms with Gasteiger partial charge in [0.1, 0.15) is 4.66 Å². The fraction of sp³-hybridized carbons (Fsp3) is 1.00. The van der Waals surface area contributed by atoms with Crippen LogP contribution in [0.15, 0.2) is 0 Å². The van der Waals surface area contributed by atoms with Gasteiger partial charge in [-0.15, -0.1) is 0 Å². The number of nitrogens with zero attached hydrogens (tertiary/aromatic N) is 2. The SMILES string of the molecule is CN1CCN(S(=O)(=O)CBr)CC1(C)C. The number of halogens is 1. The quantitative estimate of drug-likeness (QED) is 0.701. The summed E-state index contributed by atoms with van der Waals surface area (Å²) in [6.45, 7) is 6.07. The highest BCUT2D eigenvalue weighted by molar-refractivity contribution is 9.10. The third-order valence-electron chi connectivity index (χ3n) is 2.81. The molecular formula is C8H17BrN2O2S. The van der Waals surface area contributed by atoms with E-state index in [0.29, 0.717) is 13.1 Å². The van der Waals surface area contributed by atoms with Gasteiger partial charge in [0.2, 0.25) is 10.0 Å². The van der Waals surface area contributed by atoms with Crippen molar-refractivity contribution in [2.45, 2.75) is 19.4 Å². The third kappa shape index (κ3) is 2.48. The van der Waals surface area contributed by atoms with Gasteiger partial charge in [-0.3, -0.25) is 4.90 Å². The van der Waals surface area contributed by atoms with Crippen molar-refractivity contribution in [1.29, 1.82) is 0 Å². The van der Waals surface area contributed by atoms with Crippen molar-refractivity contribution in [1.82, 2.24) is 9.21 Å². The Balaban J connectivity index is 2.79.